The van der Waals surface area contributed by atoms with Gasteiger partial charge in [0.1, 0.15) is 11.6 Å². The molecule has 2 aliphatic rings. The summed E-state index contributed by atoms with van der Waals surface area (Å²) in [7, 11) is 0. The van der Waals surface area contributed by atoms with Crippen molar-refractivity contribution >= 4 is 41.2 Å². The molecule has 0 aromatic carbocycles. The van der Waals surface area contributed by atoms with Crippen LogP contribution < -0.4 is 21.3 Å². The van der Waals surface area contributed by atoms with Crippen molar-refractivity contribution in [2.75, 3.05) is 10.6 Å². The van der Waals surface area contributed by atoms with Crippen molar-refractivity contribution in [2.45, 2.75) is 45.2 Å². The Kier molecular flexibility index (Phi) is 4.46. The average molecular weight is 383 g/mol. The van der Waals surface area contributed by atoms with Crippen LogP contribution in [0.2, 0.25) is 0 Å². The smallest absolute Gasteiger partial charge is 0.320 e. The second-order valence-electron chi connectivity index (χ2n) is 7.26. The molecule has 146 valence electrons. The van der Waals surface area contributed by atoms with E-state index in [-0.39, 0.29) is 24.4 Å². The average Bonchev–Trinajstić information content (AvgIpc) is 3.23. The van der Waals surface area contributed by atoms with Crippen LogP contribution >= 0.6 is 0 Å². The maximum atomic E-state index is 12.1. The molecule has 10 heteroatoms. The van der Waals surface area contributed by atoms with Crippen LogP contribution in [-0.2, 0) is 9.59 Å². The normalized spacial score (nSPS) is 18.0. The molecule has 0 radical (unpaired) electrons. The molecule has 1 aliphatic carbocycles. The van der Waals surface area contributed by atoms with Gasteiger partial charge in [-0.05, 0) is 32.8 Å². The van der Waals surface area contributed by atoms with Gasteiger partial charge in [-0.1, -0.05) is 0 Å². The first-order valence-corrected chi connectivity index (χ1v) is 9.16. The Morgan fingerprint density at radius 2 is 2.14 bits per heavy atom. The summed E-state index contributed by atoms with van der Waals surface area (Å²) in [6.45, 7) is 3.73. The summed E-state index contributed by atoms with van der Waals surface area (Å²) in [5.41, 5.74) is 1.42. The topological polar surface area (TPSA) is 130 Å². The van der Waals surface area contributed by atoms with Gasteiger partial charge in [0.2, 0.25) is 5.91 Å². The molecular formula is C18H21N7O3. The number of hydrogen-bond acceptors (Lipinski definition) is 6. The second kappa shape index (κ2) is 6.95. The lowest BCUT2D eigenvalue weighted by Gasteiger charge is -2.12. The van der Waals surface area contributed by atoms with E-state index in [1.54, 1.807) is 22.9 Å². The van der Waals surface area contributed by atoms with Gasteiger partial charge >= 0.3 is 6.03 Å². The molecule has 28 heavy (non-hydrogen) atoms. The number of amides is 4. The number of nitrogens with one attached hydrogen (secondary N) is 4. The molecule has 1 saturated carbocycles. The standard InChI is InChI=1S/C18H21N7O3/c1-9(2)20-18(28)23-13-7-14(21-12-3-4-12)25-16(22-13)11(8-19-25)5-10-6-15(26)24-17(10)27/h5,7-9,12,21H,3-4,6H2,1-2H3,(H,24,26,27)(H2,20,22,23,28)/b10-5+. The molecule has 0 atom stereocenters. The van der Waals surface area contributed by atoms with Gasteiger partial charge in [0.15, 0.2) is 5.65 Å². The van der Waals surface area contributed by atoms with E-state index in [1.807, 2.05) is 13.8 Å². The Morgan fingerprint density at radius 3 is 2.79 bits per heavy atom. The molecular weight excluding hydrogens is 362 g/mol. The van der Waals surface area contributed by atoms with Crippen molar-refractivity contribution in [1.29, 1.82) is 0 Å². The minimum Gasteiger partial charge on any atom is -0.367 e. The summed E-state index contributed by atoms with van der Waals surface area (Å²) in [5.74, 6) is 0.320. The summed E-state index contributed by atoms with van der Waals surface area (Å²) in [6, 6.07) is 1.72. The minimum absolute atomic E-state index is 0.0125. The zero-order chi connectivity index (χ0) is 19.8. The van der Waals surface area contributed by atoms with Gasteiger partial charge in [-0.25, -0.2) is 9.78 Å². The van der Waals surface area contributed by atoms with Gasteiger partial charge in [0.05, 0.1) is 12.6 Å². The van der Waals surface area contributed by atoms with Crippen LogP contribution in [0.1, 0.15) is 38.7 Å². The Morgan fingerprint density at radius 1 is 1.36 bits per heavy atom. The quantitative estimate of drug-likeness (QED) is 0.454. The number of nitrogens with zero attached hydrogens (tertiary/aromatic N) is 3. The summed E-state index contributed by atoms with van der Waals surface area (Å²) in [5, 5.41) is 15.5. The molecule has 0 unspecified atom stereocenters. The monoisotopic (exact) mass is 383 g/mol. The van der Waals surface area contributed by atoms with E-state index in [0.29, 0.717) is 34.5 Å². The van der Waals surface area contributed by atoms with Crippen molar-refractivity contribution in [2.24, 2.45) is 0 Å². The van der Waals surface area contributed by atoms with E-state index in [1.165, 1.54) is 0 Å². The highest BCUT2D eigenvalue weighted by atomic mass is 16.2. The summed E-state index contributed by atoms with van der Waals surface area (Å²) < 4.78 is 1.63. The third-order valence-corrected chi connectivity index (χ3v) is 4.32. The fraction of sp³-hybridized carbons (Fsp3) is 0.389. The number of aromatic nitrogens is 3. The van der Waals surface area contributed by atoms with Gasteiger partial charge in [-0.15, -0.1) is 0 Å². The number of rotatable bonds is 5. The predicted octanol–water partition coefficient (Wildman–Crippen LogP) is 1.26. The Balaban J connectivity index is 1.72. The van der Waals surface area contributed by atoms with Crippen LogP contribution in [0.25, 0.3) is 11.7 Å². The van der Waals surface area contributed by atoms with E-state index in [2.05, 4.69) is 31.3 Å². The lowest BCUT2D eigenvalue weighted by Crippen LogP contribution is -2.34. The molecule has 10 nitrogen and oxygen atoms in total. The number of carbonyl (C=O) groups excluding carboxylic acids is 3. The fourth-order valence-corrected chi connectivity index (χ4v) is 2.91. The predicted molar refractivity (Wildman–Crippen MR) is 103 cm³/mol. The maximum Gasteiger partial charge on any atom is 0.320 e. The molecule has 4 N–H and O–H groups in total. The molecule has 2 aromatic heterocycles. The van der Waals surface area contributed by atoms with Crippen molar-refractivity contribution < 1.29 is 14.4 Å². The van der Waals surface area contributed by atoms with E-state index in [4.69, 9.17) is 0 Å². The number of urea groups is 1. The number of anilines is 2. The maximum absolute atomic E-state index is 12.1. The van der Waals surface area contributed by atoms with E-state index < -0.39 is 5.91 Å². The number of fused-ring (bicyclic) bond motifs is 1. The van der Waals surface area contributed by atoms with Crippen LogP contribution in [0.3, 0.4) is 0 Å². The summed E-state index contributed by atoms with van der Waals surface area (Å²) >= 11 is 0. The van der Waals surface area contributed by atoms with E-state index in [0.717, 1.165) is 12.8 Å². The molecule has 4 amide bonds. The molecule has 1 saturated heterocycles. The van der Waals surface area contributed by atoms with Gasteiger partial charge in [0.25, 0.3) is 5.91 Å². The van der Waals surface area contributed by atoms with Crippen molar-refractivity contribution in [3.63, 3.8) is 0 Å². The van der Waals surface area contributed by atoms with Crippen LogP contribution in [-0.4, -0.2) is 44.5 Å². The molecule has 2 aromatic rings. The molecule has 3 heterocycles. The van der Waals surface area contributed by atoms with E-state index >= 15 is 0 Å². The van der Waals surface area contributed by atoms with Gasteiger partial charge < -0.3 is 10.6 Å². The Hall–Kier alpha value is -3.43. The third kappa shape index (κ3) is 3.80. The second-order valence-corrected chi connectivity index (χ2v) is 7.26. The zero-order valence-corrected chi connectivity index (χ0v) is 15.6. The first kappa shape index (κ1) is 18.0. The zero-order valence-electron chi connectivity index (χ0n) is 15.6. The summed E-state index contributed by atoms with van der Waals surface area (Å²) in [4.78, 5) is 39.8. The highest BCUT2D eigenvalue weighted by molar-refractivity contribution is 6.15. The molecule has 4 rings (SSSR count). The van der Waals surface area contributed by atoms with Gasteiger partial charge in [0, 0.05) is 29.3 Å². The highest BCUT2D eigenvalue weighted by Crippen LogP contribution is 2.28. The third-order valence-electron chi connectivity index (χ3n) is 4.32. The molecule has 2 fully saturated rings. The SMILES string of the molecule is CC(C)NC(=O)Nc1cc(NC2CC2)n2ncc(/C=C3\CC(=O)NC3=O)c2n1. The van der Waals surface area contributed by atoms with Crippen molar-refractivity contribution in [1.82, 2.24) is 25.2 Å². The first-order chi connectivity index (χ1) is 13.4. The molecule has 0 spiro atoms. The highest BCUT2D eigenvalue weighted by Gasteiger charge is 2.26. The van der Waals surface area contributed by atoms with Crippen LogP contribution in [0.15, 0.2) is 17.8 Å². The molecule has 0 bridgehead atoms. The summed E-state index contributed by atoms with van der Waals surface area (Å²) in [6.07, 6.45) is 5.36. The lowest BCUT2D eigenvalue weighted by atomic mass is 10.1. The Bertz CT molecular complexity index is 1000. The largest absolute Gasteiger partial charge is 0.367 e. The first-order valence-electron chi connectivity index (χ1n) is 9.16. The van der Waals surface area contributed by atoms with Crippen molar-refractivity contribution in [3.8, 4) is 0 Å². The number of imide groups is 1. The minimum atomic E-state index is -0.411. The Labute approximate surface area is 160 Å². The van der Waals surface area contributed by atoms with E-state index in [9.17, 15) is 14.4 Å². The fourth-order valence-electron chi connectivity index (χ4n) is 2.91. The van der Waals surface area contributed by atoms with Gasteiger partial charge in [-0.3, -0.25) is 20.2 Å². The van der Waals surface area contributed by atoms with Crippen LogP contribution in [0.4, 0.5) is 16.4 Å². The van der Waals surface area contributed by atoms with Crippen molar-refractivity contribution in [3.05, 3.63) is 23.4 Å². The van der Waals surface area contributed by atoms with Crippen LogP contribution in [0, 0.1) is 0 Å². The van der Waals surface area contributed by atoms with Crippen LogP contribution in [0.5, 0.6) is 0 Å². The van der Waals surface area contributed by atoms with Gasteiger partial charge in [-0.2, -0.15) is 9.61 Å². The number of hydrogen-bond donors (Lipinski definition) is 4. The lowest BCUT2D eigenvalue weighted by molar-refractivity contribution is -0.124. The number of carbonyl (C=O) groups is 3. The molecule has 1 aliphatic heterocycles.